The predicted molar refractivity (Wildman–Crippen MR) is 66.5 cm³/mol. The second-order valence-electron chi connectivity index (χ2n) is 4.05. The molecule has 2 atom stereocenters. The third-order valence-corrected chi connectivity index (χ3v) is 3.92. The van der Waals surface area contributed by atoms with E-state index in [1.165, 1.54) is 0 Å². The van der Waals surface area contributed by atoms with Gasteiger partial charge >= 0.3 is 5.97 Å². The molecular formula is C10H11FN2O7S. The number of hydrogen-bond acceptors (Lipinski definition) is 6. The van der Waals surface area contributed by atoms with Crippen LogP contribution in [0.2, 0.25) is 0 Å². The first-order chi connectivity index (χ1) is 9.56. The van der Waals surface area contributed by atoms with E-state index in [0.29, 0.717) is 12.1 Å². The number of carboxylic acids is 1. The highest BCUT2D eigenvalue weighted by molar-refractivity contribution is 7.89. The number of carboxylic acid groups (broad SMARTS) is 1. The molecule has 0 fully saturated rings. The molecule has 0 aliphatic heterocycles. The molecule has 0 bridgehead atoms. The highest BCUT2D eigenvalue weighted by atomic mass is 32.2. The lowest BCUT2D eigenvalue weighted by Crippen LogP contribution is -2.47. The van der Waals surface area contributed by atoms with Crippen LogP contribution in [0.5, 0.6) is 0 Å². The molecule has 0 saturated heterocycles. The lowest BCUT2D eigenvalue weighted by Gasteiger charge is -2.17. The molecule has 0 aliphatic rings. The molecule has 0 aliphatic carbocycles. The monoisotopic (exact) mass is 322 g/mol. The van der Waals surface area contributed by atoms with Crippen LogP contribution >= 0.6 is 0 Å². The Morgan fingerprint density at radius 1 is 1.48 bits per heavy atom. The largest absolute Gasteiger partial charge is 0.480 e. The van der Waals surface area contributed by atoms with Gasteiger partial charge in [0.15, 0.2) is 0 Å². The number of nitrogens with one attached hydrogen (secondary N) is 1. The van der Waals surface area contributed by atoms with Crippen LogP contribution in [0.4, 0.5) is 10.1 Å². The summed E-state index contributed by atoms with van der Waals surface area (Å²) in [4.78, 5) is 19.4. The molecule has 1 aromatic rings. The molecule has 9 nitrogen and oxygen atoms in total. The Morgan fingerprint density at radius 3 is 2.43 bits per heavy atom. The maximum atomic E-state index is 13.6. The van der Waals surface area contributed by atoms with Crippen molar-refractivity contribution in [1.29, 1.82) is 0 Å². The number of rotatable bonds is 6. The molecule has 0 radical (unpaired) electrons. The SMILES string of the molecule is CC(O)C(NS(=O)(=O)c1ccc([N+](=O)[O-])cc1F)C(=O)O. The van der Waals surface area contributed by atoms with Gasteiger partial charge in [-0.3, -0.25) is 14.9 Å². The van der Waals surface area contributed by atoms with Crippen molar-refractivity contribution in [2.75, 3.05) is 0 Å². The average molecular weight is 322 g/mol. The number of nitrogens with zero attached hydrogens (tertiary/aromatic N) is 1. The maximum Gasteiger partial charge on any atom is 0.324 e. The Bertz CT molecular complexity index is 674. The van der Waals surface area contributed by atoms with Crippen LogP contribution < -0.4 is 4.72 Å². The summed E-state index contributed by atoms with van der Waals surface area (Å²) >= 11 is 0. The first kappa shape index (κ1) is 16.9. The second kappa shape index (κ2) is 6.11. The molecule has 0 amide bonds. The van der Waals surface area contributed by atoms with Crippen molar-refractivity contribution >= 4 is 21.7 Å². The third-order valence-electron chi connectivity index (χ3n) is 2.45. The van der Waals surface area contributed by atoms with Gasteiger partial charge in [0.25, 0.3) is 5.69 Å². The number of nitro groups is 1. The Balaban J connectivity index is 3.19. The molecule has 11 heteroatoms. The fraction of sp³-hybridized carbons (Fsp3) is 0.300. The number of benzene rings is 1. The van der Waals surface area contributed by atoms with Crippen LogP contribution in [0.3, 0.4) is 0 Å². The normalized spacial score (nSPS) is 14.4. The second-order valence-corrected chi connectivity index (χ2v) is 5.73. The Morgan fingerprint density at radius 2 is 2.05 bits per heavy atom. The number of nitro benzene ring substituents is 1. The zero-order chi connectivity index (χ0) is 16.4. The van der Waals surface area contributed by atoms with Gasteiger partial charge in [0.1, 0.15) is 16.8 Å². The quantitative estimate of drug-likeness (QED) is 0.487. The summed E-state index contributed by atoms with van der Waals surface area (Å²) in [6, 6.07) is -0.0937. The lowest BCUT2D eigenvalue weighted by atomic mass is 10.2. The minimum absolute atomic E-state index is 0.396. The van der Waals surface area contributed by atoms with Crippen molar-refractivity contribution in [2.24, 2.45) is 0 Å². The van der Waals surface area contributed by atoms with Gasteiger partial charge in [0.2, 0.25) is 10.0 Å². The number of non-ortho nitro benzene ring substituents is 1. The third kappa shape index (κ3) is 3.93. The summed E-state index contributed by atoms with van der Waals surface area (Å²) in [5, 5.41) is 28.4. The fourth-order valence-corrected chi connectivity index (χ4v) is 2.73. The van der Waals surface area contributed by atoms with Gasteiger partial charge in [-0.15, -0.1) is 0 Å². The lowest BCUT2D eigenvalue weighted by molar-refractivity contribution is -0.385. The summed E-state index contributed by atoms with van der Waals surface area (Å²) in [5.41, 5.74) is -0.656. The summed E-state index contributed by atoms with van der Waals surface area (Å²) in [6.45, 7) is 1.04. The zero-order valence-corrected chi connectivity index (χ0v) is 11.4. The number of carbonyl (C=O) groups is 1. The zero-order valence-electron chi connectivity index (χ0n) is 10.6. The van der Waals surface area contributed by atoms with E-state index in [2.05, 4.69) is 0 Å². The van der Waals surface area contributed by atoms with Crippen molar-refractivity contribution in [1.82, 2.24) is 4.72 Å². The number of aliphatic hydroxyl groups is 1. The smallest absolute Gasteiger partial charge is 0.324 e. The number of hydrogen-bond donors (Lipinski definition) is 3. The van der Waals surface area contributed by atoms with Gasteiger partial charge in [0.05, 0.1) is 17.1 Å². The number of sulfonamides is 1. The fourth-order valence-electron chi connectivity index (χ4n) is 1.41. The summed E-state index contributed by atoms with van der Waals surface area (Å²) in [6.07, 6.45) is -1.57. The van der Waals surface area contributed by atoms with Gasteiger partial charge in [-0.2, -0.15) is 4.72 Å². The highest BCUT2D eigenvalue weighted by Crippen LogP contribution is 2.20. The van der Waals surface area contributed by atoms with Crippen LogP contribution in [0.1, 0.15) is 6.92 Å². The van der Waals surface area contributed by atoms with E-state index in [9.17, 15) is 32.8 Å². The molecule has 0 aromatic heterocycles. The number of aliphatic carboxylic acids is 1. The summed E-state index contributed by atoms with van der Waals surface area (Å²) in [7, 11) is -4.61. The van der Waals surface area contributed by atoms with Crippen LogP contribution in [-0.2, 0) is 14.8 Å². The van der Waals surface area contributed by atoms with E-state index in [4.69, 9.17) is 5.11 Å². The molecule has 0 spiro atoms. The Hall–Kier alpha value is -2.11. The maximum absolute atomic E-state index is 13.6. The van der Waals surface area contributed by atoms with Gasteiger partial charge in [-0.05, 0) is 13.0 Å². The minimum Gasteiger partial charge on any atom is -0.480 e. The first-order valence-corrected chi connectivity index (χ1v) is 6.91. The van der Waals surface area contributed by atoms with E-state index in [0.717, 1.165) is 13.0 Å². The molecule has 1 rings (SSSR count). The molecule has 0 saturated carbocycles. The molecule has 116 valence electrons. The molecule has 0 heterocycles. The van der Waals surface area contributed by atoms with Crippen molar-refractivity contribution in [2.45, 2.75) is 24.0 Å². The standard InChI is InChI=1S/C10H11FN2O7S/c1-5(14)9(10(15)16)12-21(19,20)8-3-2-6(13(17)18)4-7(8)11/h2-5,9,12,14H,1H3,(H,15,16). The van der Waals surface area contributed by atoms with Crippen molar-refractivity contribution < 1.29 is 32.7 Å². The topological polar surface area (TPSA) is 147 Å². The van der Waals surface area contributed by atoms with Crippen LogP contribution in [0, 0.1) is 15.9 Å². The Kier molecular flexibility index (Phi) is 4.93. The van der Waals surface area contributed by atoms with Gasteiger partial charge in [-0.25, -0.2) is 12.8 Å². The molecule has 21 heavy (non-hydrogen) atoms. The highest BCUT2D eigenvalue weighted by Gasteiger charge is 2.31. The molecule has 3 N–H and O–H groups in total. The van der Waals surface area contributed by atoms with Crippen LogP contribution in [0.15, 0.2) is 23.1 Å². The first-order valence-electron chi connectivity index (χ1n) is 5.43. The van der Waals surface area contributed by atoms with Crippen molar-refractivity contribution in [3.63, 3.8) is 0 Å². The summed E-state index contributed by atoms with van der Waals surface area (Å²) < 4.78 is 39.0. The summed E-state index contributed by atoms with van der Waals surface area (Å²) in [5.74, 6) is -3.07. The van der Waals surface area contributed by atoms with Gasteiger partial charge in [-0.1, -0.05) is 0 Å². The number of halogens is 1. The van der Waals surface area contributed by atoms with Crippen molar-refractivity contribution in [3.8, 4) is 0 Å². The minimum atomic E-state index is -4.61. The predicted octanol–water partition coefficient (Wildman–Crippen LogP) is -0.154. The van der Waals surface area contributed by atoms with Crippen molar-refractivity contribution in [3.05, 3.63) is 34.1 Å². The Labute approximate surface area is 118 Å². The van der Waals surface area contributed by atoms with E-state index < -0.39 is 49.5 Å². The van der Waals surface area contributed by atoms with E-state index in [-0.39, 0.29) is 0 Å². The van der Waals surface area contributed by atoms with Crippen LogP contribution in [0.25, 0.3) is 0 Å². The van der Waals surface area contributed by atoms with Gasteiger partial charge in [0, 0.05) is 6.07 Å². The number of aliphatic hydroxyl groups excluding tert-OH is 1. The molecule has 1 aromatic carbocycles. The molecule has 2 unspecified atom stereocenters. The molecular weight excluding hydrogens is 311 g/mol. The van der Waals surface area contributed by atoms with Gasteiger partial charge < -0.3 is 10.2 Å². The van der Waals surface area contributed by atoms with E-state index in [1.807, 2.05) is 0 Å². The van der Waals surface area contributed by atoms with E-state index >= 15 is 0 Å². The van der Waals surface area contributed by atoms with E-state index in [1.54, 1.807) is 4.72 Å². The average Bonchev–Trinajstić information content (AvgIpc) is 2.34. The van der Waals surface area contributed by atoms with Crippen LogP contribution in [-0.4, -0.2) is 41.7 Å².